The number of benzene rings is 1. The van der Waals surface area contributed by atoms with E-state index in [4.69, 9.17) is 10.00 Å². The van der Waals surface area contributed by atoms with Gasteiger partial charge in [0.1, 0.15) is 5.75 Å². The maximum absolute atomic E-state index is 8.45. The number of unbranched alkanes of at least 4 members (excludes halogenated alkanes) is 1. The summed E-state index contributed by atoms with van der Waals surface area (Å²) >= 11 is 0. The van der Waals surface area contributed by atoms with Gasteiger partial charge in [0, 0.05) is 17.9 Å². The molecule has 14 heavy (non-hydrogen) atoms. The molecular weight excluding hydrogens is 174 g/mol. The first-order chi connectivity index (χ1) is 6.92. The molecule has 2 heteroatoms. The highest BCUT2D eigenvalue weighted by Gasteiger charge is 2.22. The molecule has 0 spiro atoms. The summed E-state index contributed by atoms with van der Waals surface area (Å²) in [5, 5.41) is 8.45. The highest BCUT2D eigenvalue weighted by molar-refractivity contribution is 5.39. The molecule has 1 aromatic rings. The van der Waals surface area contributed by atoms with Crippen LogP contribution in [-0.4, -0.2) is 6.61 Å². The molecule has 0 amide bonds. The van der Waals surface area contributed by atoms with E-state index in [0.717, 1.165) is 25.2 Å². The third-order valence-electron chi connectivity index (χ3n) is 2.64. The van der Waals surface area contributed by atoms with Gasteiger partial charge >= 0.3 is 0 Å². The van der Waals surface area contributed by atoms with Gasteiger partial charge in [0.2, 0.25) is 0 Å². The Kier molecular flexibility index (Phi) is 2.69. The van der Waals surface area contributed by atoms with Gasteiger partial charge in [-0.1, -0.05) is 18.2 Å². The molecule has 0 aromatic heterocycles. The predicted octanol–water partition coefficient (Wildman–Crippen LogP) is 2.86. The van der Waals surface area contributed by atoms with E-state index in [2.05, 4.69) is 12.1 Å². The maximum atomic E-state index is 8.45. The lowest BCUT2D eigenvalue weighted by molar-refractivity contribution is 0.323. The fraction of sp³-hybridized carbons (Fsp3) is 0.417. The molecule has 0 fully saturated rings. The number of fused-ring (bicyclic) bond motifs is 1. The molecule has 1 unspecified atom stereocenters. The highest BCUT2D eigenvalue weighted by Crippen LogP contribution is 2.36. The number of nitriles is 1. The van der Waals surface area contributed by atoms with E-state index >= 15 is 0 Å². The van der Waals surface area contributed by atoms with Crippen LogP contribution in [-0.2, 0) is 0 Å². The van der Waals surface area contributed by atoms with Crippen molar-refractivity contribution in [3.63, 3.8) is 0 Å². The molecule has 72 valence electrons. The number of hydrogen-bond donors (Lipinski definition) is 0. The van der Waals surface area contributed by atoms with Crippen molar-refractivity contribution in [1.82, 2.24) is 0 Å². The van der Waals surface area contributed by atoms with Crippen LogP contribution in [0.25, 0.3) is 0 Å². The first-order valence-corrected chi connectivity index (χ1v) is 5.00. The Morgan fingerprint density at radius 3 is 3.14 bits per heavy atom. The van der Waals surface area contributed by atoms with Crippen LogP contribution in [0.15, 0.2) is 24.3 Å². The molecule has 1 aliphatic rings. The molecule has 0 saturated heterocycles. The Labute approximate surface area is 84.1 Å². The average Bonchev–Trinajstić information content (AvgIpc) is 2.63. The van der Waals surface area contributed by atoms with Crippen molar-refractivity contribution < 1.29 is 4.74 Å². The first-order valence-electron chi connectivity index (χ1n) is 5.00. The molecule has 1 aromatic carbocycles. The summed E-state index contributed by atoms with van der Waals surface area (Å²) in [6.07, 6.45) is 2.68. The van der Waals surface area contributed by atoms with Crippen LogP contribution in [0, 0.1) is 11.3 Å². The summed E-state index contributed by atoms with van der Waals surface area (Å²) in [6.45, 7) is 0.783. The molecule has 1 heterocycles. The molecule has 1 atom stereocenters. The Hall–Kier alpha value is -1.49. The Balaban J connectivity index is 2.00. The highest BCUT2D eigenvalue weighted by atomic mass is 16.5. The van der Waals surface area contributed by atoms with Crippen LogP contribution >= 0.6 is 0 Å². The van der Waals surface area contributed by atoms with E-state index in [0.29, 0.717) is 12.3 Å². The summed E-state index contributed by atoms with van der Waals surface area (Å²) in [6, 6.07) is 10.4. The third kappa shape index (κ3) is 1.72. The van der Waals surface area contributed by atoms with E-state index in [-0.39, 0.29) is 0 Å². The van der Waals surface area contributed by atoms with Crippen LogP contribution in [0.4, 0.5) is 0 Å². The lowest BCUT2D eigenvalue weighted by Crippen LogP contribution is -1.99. The van der Waals surface area contributed by atoms with E-state index in [1.54, 1.807) is 0 Å². The second-order valence-corrected chi connectivity index (χ2v) is 3.60. The van der Waals surface area contributed by atoms with Crippen molar-refractivity contribution in [3.8, 4) is 11.8 Å². The zero-order valence-corrected chi connectivity index (χ0v) is 8.07. The minimum atomic E-state index is 0.500. The number of nitrogens with zero attached hydrogens (tertiary/aromatic N) is 1. The monoisotopic (exact) mass is 187 g/mol. The summed E-state index contributed by atoms with van der Waals surface area (Å²) in [4.78, 5) is 0. The van der Waals surface area contributed by atoms with Gasteiger partial charge in [-0.15, -0.1) is 0 Å². The molecule has 2 rings (SSSR count). The normalized spacial score (nSPS) is 18.4. The number of ether oxygens (including phenoxy) is 1. The SMILES string of the molecule is N#CCCCC1COc2ccccc21. The van der Waals surface area contributed by atoms with Crippen LogP contribution in [0.1, 0.15) is 30.7 Å². The Morgan fingerprint density at radius 1 is 1.43 bits per heavy atom. The minimum absolute atomic E-state index is 0.500. The molecule has 2 nitrogen and oxygen atoms in total. The van der Waals surface area contributed by atoms with Crippen LogP contribution in [0.2, 0.25) is 0 Å². The van der Waals surface area contributed by atoms with Gasteiger partial charge in [-0.25, -0.2) is 0 Å². The van der Waals surface area contributed by atoms with Crippen molar-refractivity contribution in [1.29, 1.82) is 5.26 Å². The summed E-state index contributed by atoms with van der Waals surface area (Å²) in [5.74, 6) is 1.52. The molecule has 0 saturated carbocycles. The van der Waals surface area contributed by atoms with Crippen LogP contribution in [0.5, 0.6) is 5.75 Å². The largest absolute Gasteiger partial charge is 0.493 e. The van der Waals surface area contributed by atoms with Gasteiger partial charge in [0.15, 0.2) is 0 Å². The van der Waals surface area contributed by atoms with Crippen molar-refractivity contribution in [2.24, 2.45) is 0 Å². The van der Waals surface area contributed by atoms with E-state index in [1.807, 2.05) is 18.2 Å². The fourth-order valence-electron chi connectivity index (χ4n) is 1.90. The van der Waals surface area contributed by atoms with Gasteiger partial charge in [0.25, 0.3) is 0 Å². The minimum Gasteiger partial charge on any atom is -0.493 e. The van der Waals surface area contributed by atoms with Crippen molar-refractivity contribution in [3.05, 3.63) is 29.8 Å². The maximum Gasteiger partial charge on any atom is 0.122 e. The average molecular weight is 187 g/mol. The lowest BCUT2D eigenvalue weighted by atomic mass is 9.96. The quantitative estimate of drug-likeness (QED) is 0.681. The topological polar surface area (TPSA) is 33.0 Å². The molecule has 0 radical (unpaired) electrons. The number of hydrogen-bond acceptors (Lipinski definition) is 2. The zero-order chi connectivity index (χ0) is 9.80. The summed E-state index contributed by atoms with van der Waals surface area (Å²) in [5.41, 5.74) is 1.31. The standard InChI is InChI=1S/C12H13NO/c13-8-4-3-5-10-9-14-12-7-2-1-6-11(10)12/h1-2,6-7,10H,3-5,9H2. The van der Waals surface area contributed by atoms with Gasteiger partial charge < -0.3 is 4.74 Å². The van der Waals surface area contributed by atoms with Crippen LogP contribution < -0.4 is 4.74 Å². The smallest absolute Gasteiger partial charge is 0.122 e. The molecule has 1 aliphatic heterocycles. The predicted molar refractivity (Wildman–Crippen MR) is 54.1 cm³/mol. The van der Waals surface area contributed by atoms with E-state index in [9.17, 15) is 0 Å². The number of para-hydroxylation sites is 1. The van der Waals surface area contributed by atoms with Gasteiger partial charge in [0.05, 0.1) is 12.7 Å². The third-order valence-corrected chi connectivity index (χ3v) is 2.64. The lowest BCUT2D eigenvalue weighted by Gasteiger charge is -2.05. The van der Waals surface area contributed by atoms with Crippen molar-refractivity contribution in [2.45, 2.75) is 25.2 Å². The molecule has 0 bridgehead atoms. The summed E-state index contributed by atoms with van der Waals surface area (Å²) in [7, 11) is 0. The second-order valence-electron chi connectivity index (χ2n) is 3.60. The van der Waals surface area contributed by atoms with Gasteiger partial charge in [-0.05, 0) is 18.9 Å². The van der Waals surface area contributed by atoms with Gasteiger partial charge in [-0.2, -0.15) is 5.26 Å². The Morgan fingerprint density at radius 2 is 2.29 bits per heavy atom. The van der Waals surface area contributed by atoms with Crippen molar-refractivity contribution in [2.75, 3.05) is 6.61 Å². The van der Waals surface area contributed by atoms with Crippen molar-refractivity contribution >= 4 is 0 Å². The Bertz CT molecular complexity index is 354. The van der Waals surface area contributed by atoms with E-state index < -0.39 is 0 Å². The fourth-order valence-corrected chi connectivity index (χ4v) is 1.90. The number of rotatable bonds is 3. The first kappa shape index (κ1) is 9.08. The second kappa shape index (κ2) is 4.15. The zero-order valence-electron chi connectivity index (χ0n) is 8.07. The summed E-state index contributed by atoms with van der Waals surface area (Å²) < 4.78 is 5.56. The molecule has 0 aliphatic carbocycles. The van der Waals surface area contributed by atoms with Gasteiger partial charge in [-0.3, -0.25) is 0 Å². The van der Waals surface area contributed by atoms with E-state index in [1.165, 1.54) is 5.56 Å². The molecule has 0 N–H and O–H groups in total. The molecular formula is C12H13NO. The van der Waals surface area contributed by atoms with Crippen LogP contribution in [0.3, 0.4) is 0 Å².